The van der Waals surface area contributed by atoms with Gasteiger partial charge in [-0.1, -0.05) is 36.4 Å². The molecule has 1 fully saturated rings. The molecule has 0 radical (unpaired) electrons. The summed E-state index contributed by atoms with van der Waals surface area (Å²) in [6, 6.07) is 14.0. The van der Waals surface area contributed by atoms with E-state index in [0.29, 0.717) is 31.5 Å². The summed E-state index contributed by atoms with van der Waals surface area (Å²) in [6.07, 6.45) is -3.59. The lowest BCUT2D eigenvalue weighted by Gasteiger charge is -2.38. The van der Waals surface area contributed by atoms with Gasteiger partial charge in [-0.05, 0) is 49.2 Å². The first kappa shape index (κ1) is 22.3. The first-order valence-corrected chi connectivity index (χ1v) is 10.4. The highest BCUT2D eigenvalue weighted by atomic mass is 19.4. The van der Waals surface area contributed by atoms with Crippen molar-refractivity contribution < 1.29 is 27.2 Å². The normalized spacial score (nSPS) is 18.1. The number of alkyl halides is 3. The molecule has 9 heteroatoms. The molecule has 0 aliphatic carbocycles. The molecule has 2 amide bonds. The van der Waals surface area contributed by atoms with Gasteiger partial charge in [0.25, 0.3) is 0 Å². The molecule has 0 unspecified atom stereocenters. The summed E-state index contributed by atoms with van der Waals surface area (Å²) >= 11 is 0. The van der Waals surface area contributed by atoms with Gasteiger partial charge in [-0.2, -0.15) is 13.2 Å². The van der Waals surface area contributed by atoms with Gasteiger partial charge >= 0.3 is 6.18 Å². The number of carbonyl (C=O) groups excluding carboxylic acids is 2. The van der Waals surface area contributed by atoms with E-state index in [1.807, 2.05) is 30.3 Å². The fourth-order valence-electron chi connectivity index (χ4n) is 4.59. The van der Waals surface area contributed by atoms with Crippen LogP contribution in [0.4, 0.5) is 23.2 Å². The zero-order valence-corrected chi connectivity index (χ0v) is 17.3. The molecule has 170 valence electrons. The molecular weight excluding hydrogens is 426 g/mol. The Bertz CT molecular complexity index is 1000. The maximum Gasteiger partial charge on any atom is 0.405 e. The van der Waals surface area contributed by atoms with Gasteiger partial charge in [-0.15, -0.1) is 0 Å². The van der Waals surface area contributed by atoms with Gasteiger partial charge < -0.3 is 10.2 Å². The molecule has 0 saturated carbocycles. The van der Waals surface area contributed by atoms with Crippen molar-refractivity contribution in [3.05, 3.63) is 65.5 Å². The maximum absolute atomic E-state index is 14.0. The number of piperidine rings is 1. The molecule has 32 heavy (non-hydrogen) atoms. The topological polar surface area (TPSA) is 52.7 Å². The lowest BCUT2D eigenvalue weighted by Crippen LogP contribution is -2.50. The number of carbonyl (C=O) groups is 2. The van der Waals surface area contributed by atoms with Crippen LogP contribution in [-0.2, 0) is 21.5 Å². The van der Waals surface area contributed by atoms with E-state index in [4.69, 9.17) is 0 Å². The van der Waals surface area contributed by atoms with Crippen molar-refractivity contribution >= 4 is 17.5 Å². The average Bonchev–Trinajstić information content (AvgIpc) is 2.96. The van der Waals surface area contributed by atoms with Crippen LogP contribution >= 0.6 is 0 Å². The molecule has 4 rings (SSSR count). The number of hydrogen-bond donors (Lipinski definition) is 1. The number of fused-ring (bicyclic) bond motifs is 2. The van der Waals surface area contributed by atoms with Gasteiger partial charge in [-0.3, -0.25) is 14.5 Å². The Kier molecular flexibility index (Phi) is 5.94. The monoisotopic (exact) mass is 449 g/mol. The second-order valence-electron chi connectivity index (χ2n) is 8.29. The summed E-state index contributed by atoms with van der Waals surface area (Å²) in [5, 5.41) is 1.78. The molecular formula is C23H23F4N3O2. The van der Waals surface area contributed by atoms with E-state index < -0.39 is 36.4 Å². The van der Waals surface area contributed by atoms with E-state index in [9.17, 15) is 27.2 Å². The molecule has 1 N–H and O–H groups in total. The zero-order valence-electron chi connectivity index (χ0n) is 17.3. The van der Waals surface area contributed by atoms with Gasteiger partial charge in [-0.25, -0.2) is 4.39 Å². The van der Waals surface area contributed by atoms with Crippen molar-refractivity contribution in [2.45, 2.75) is 31.0 Å². The van der Waals surface area contributed by atoms with E-state index in [-0.39, 0.29) is 11.6 Å². The molecule has 2 aliphatic heterocycles. The fraction of sp³-hybridized carbons (Fsp3) is 0.391. The van der Waals surface area contributed by atoms with E-state index in [0.717, 1.165) is 17.0 Å². The lowest BCUT2D eigenvalue weighted by atomic mass is 9.73. The smallest absolute Gasteiger partial charge is 0.345 e. The minimum Gasteiger partial charge on any atom is -0.345 e. The number of amides is 2. The predicted molar refractivity (Wildman–Crippen MR) is 110 cm³/mol. The van der Waals surface area contributed by atoms with Crippen LogP contribution in [0.2, 0.25) is 0 Å². The highest BCUT2D eigenvalue weighted by Gasteiger charge is 2.52. The molecule has 0 aromatic heterocycles. The van der Waals surface area contributed by atoms with Gasteiger partial charge in [0.15, 0.2) is 0 Å². The molecule has 2 aromatic carbocycles. The number of nitrogens with zero attached hydrogens (tertiary/aromatic N) is 2. The summed E-state index contributed by atoms with van der Waals surface area (Å²) in [4.78, 5) is 28.9. The maximum atomic E-state index is 14.0. The van der Waals surface area contributed by atoms with Crippen molar-refractivity contribution in [2.75, 3.05) is 31.1 Å². The lowest BCUT2D eigenvalue weighted by molar-refractivity contribution is -0.138. The molecule has 1 spiro atoms. The van der Waals surface area contributed by atoms with Crippen molar-refractivity contribution in [1.29, 1.82) is 0 Å². The summed E-state index contributed by atoms with van der Waals surface area (Å²) in [5.41, 5.74) is 1.15. The van der Waals surface area contributed by atoms with Crippen LogP contribution in [0, 0.1) is 5.82 Å². The number of likely N-dealkylation sites (tertiary alicyclic amines) is 1. The Morgan fingerprint density at radius 2 is 1.75 bits per heavy atom. The van der Waals surface area contributed by atoms with Crippen LogP contribution in [0.1, 0.15) is 24.0 Å². The van der Waals surface area contributed by atoms with Crippen molar-refractivity contribution in [3.63, 3.8) is 0 Å². The predicted octanol–water partition coefficient (Wildman–Crippen LogP) is 3.38. The van der Waals surface area contributed by atoms with Crippen LogP contribution in [-0.4, -0.2) is 49.1 Å². The first-order chi connectivity index (χ1) is 15.2. The van der Waals surface area contributed by atoms with Gasteiger partial charge in [0.1, 0.15) is 18.9 Å². The second-order valence-corrected chi connectivity index (χ2v) is 8.29. The minimum atomic E-state index is -4.55. The Hall–Kier alpha value is -2.94. The van der Waals surface area contributed by atoms with E-state index in [1.165, 1.54) is 12.1 Å². The summed E-state index contributed by atoms with van der Waals surface area (Å²) in [5.74, 6) is -1.88. The summed E-state index contributed by atoms with van der Waals surface area (Å²) in [7, 11) is 0. The van der Waals surface area contributed by atoms with Crippen LogP contribution in [0.3, 0.4) is 0 Å². The Labute approximate surface area is 183 Å². The number of rotatable bonds is 5. The van der Waals surface area contributed by atoms with Crippen LogP contribution in [0.25, 0.3) is 0 Å². The minimum absolute atomic E-state index is 0.258. The standard InChI is InChI=1S/C23H23F4N3O2/c24-17-6-7-18-19(12-17)30(14-20(31)28-15-23(25,26)27)21(32)22(18)8-10-29(11-9-22)13-16-4-2-1-3-5-16/h1-7,12H,8-11,13-15H2,(H,28,31). The number of benzene rings is 2. The van der Waals surface area contributed by atoms with E-state index >= 15 is 0 Å². The number of hydrogen-bond acceptors (Lipinski definition) is 3. The van der Waals surface area contributed by atoms with Crippen molar-refractivity contribution in [1.82, 2.24) is 10.2 Å². The largest absolute Gasteiger partial charge is 0.405 e. The number of anilines is 1. The van der Waals surface area contributed by atoms with Crippen molar-refractivity contribution in [2.24, 2.45) is 0 Å². The average molecular weight is 449 g/mol. The number of halogens is 4. The highest BCUT2D eigenvalue weighted by Crippen LogP contribution is 2.48. The molecule has 0 bridgehead atoms. The highest BCUT2D eigenvalue weighted by molar-refractivity contribution is 6.10. The van der Waals surface area contributed by atoms with Gasteiger partial charge in [0.2, 0.25) is 11.8 Å². The van der Waals surface area contributed by atoms with E-state index in [1.54, 1.807) is 11.4 Å². The van der Waals surface area contributed by atoms with Crippen LogP contribution in [0.15, 0.2) is 48.5 Å². The Morgan fingerprint density at radius 3 is 2.41 bits per heavy atom. The summed E-state index contributed by atoms with van der Waals surface area (Å²) < 4.78 is 51.3. The third-order valence-corrected chi connectivity index (χ3v) is 6.17. The van der Waals surface area contributed by atoms with E-state index in [2.05, 4.69) is 4.90 Å². The second kappa shape index (κ2) is 8.54. The molecule has 2 aromatic rings. The van der Waals surface area contributed by atoms with Crippen LogP contribution < -0.4 is 10.2 Å². The third kappa shape index (κ3) is 4.48. The molecule has 0 atom stereocenters. The number of nitrogens with one attached hydrogen (secondary N) is 1. The van der Waals surface area contributed by atoms with Gasteiger partial charge in [0.05, 0.1) is 11.1 Å². The molecule has 1 saturated heterocycles. The quantitative estimate of drug-likeness (QED) is 0.713. The molecule has 2 heterocycles. The Balaban J connectivity index is 1.51. The van der Waals surface area contributed by atoms with Gasteiger partial charge in [0, 0.05) is 6.54 Å². The molecule has 5 nitrogen and oxygen atoms in total. The third-order valence-electron chi connectivity index (χ3n) is 6.17. The summed E-state index contributed by atoms with van der Waals surface area (Å²) in [6.45, 7) is -0.0631. The Morgan fingerprint density at radius 1 is 1.06 bits per heavy atom. The molecule has 2 aliphatic rings. The fourth-order valence-corrected chi connectivity index (χ4v) is 4.59. The zero-order chi connectivity index (χ0) is 22.9. The van der Waals surface area contributed by atoms with Crippen LogP contribution in [0.5, 0.6) is 0 Å². The SMILES string of the molecule is O=C(CN1C(=O)C2(CCN(Cc3ccccc3)CC2)c2ccc(F)cc21)NCC(F)(F)F. The van der Waals surface area contributed by atoms with Crippen molar-refractivity contribution in [3.8, 4) is 0 Å². The first-order valence-electron chi connectivity index (χ1n) is 10.4.